The van der Waals surface area contributed by atoms with Crippen LogP contribution in [0.25, 0.3) is 0 Å². The molecule has 0 fully saturated rings. The maximum absolute atomic E-state index is 5.78. The van der Waals surface area contributed by atoms with Gasteiger partial charge in [0.2, 0.25) is 5.95 Å². The van der Waals surface area contributed by atoms with E-state index in [0.29, 0.717) is 10.9 Å². The Morgan fingerprint density at radius 2 is 1.81 bits per heavy atom. The third-order valence-electron chi connectivity index (χ3n) is 3.33. The lowest BCUT2D eigenvalue weighted by Gasteiger charge is -2.20. The minimum Gasteiger partial charge on any atom is -0.389 e. The first-order valence-electron chi connectivity index (χ1n) is 6.93. The zero-order valence-electron chi connectivity index (χ0n) is 12.5. The molecule has 0 aliphatic rings. The molecule has 0 saturated heterocycles. The third-order valence-corrected chi connectivity index (χ3v) is 3.55. The van der Waals surface area contributed by atoms with Gasteiger partial charge in [-0.15, -0.1) is 10.2 Å². The van der Waals surface area contributed by atoms with Gasteiger partial charge in [0.15, 0.2) is 0 Å². The minimum atomic E-state index is 0.353. The van der Waals surface area contributed by atoms with Crippen molar-refractivity contribution in [3.05, 3.63) is 41.2 Å². The second-order valence-electron chi connectivity index (χ2n) is 4.65. The molecule has 1 aromatic carbocycles. The predicted molar refractivity (Wildman–Crippen MR) is 89.0 cm³/mol. The summed E-state index contributed by atoms with van der Waals surface area (Å²) in [5, 5.41) is 8.49. The first kappa shape index (κ1) is 15.3. The molecule has 0 spiro atoms. The first-order valence-corrected chi connectivity index (χ1v) is 7.34. The van der Waals surface area contributed by atoms with Gasteiger partial charge >= 0.3 is 0 Å². The van der Waals surface area contributed by atoms with E-state index in [1.54, 1.807) is 0 Å². The lowest BCUT2D eigenvalue weighted by Crippen LogP contribution is -2.20. The molecule has 0 aliphatic carbocycles. The molecule has 0 atom stereocenters. The third kappa shape index (κ3) is 3.16. The van der Waals surface area contributed by atoms with Crippen LogP contribution in [0.5, 0.6) is 0 Å². The Morgan fingerprint density at radius 1 is 1.14 bits per heavy atom. The van der Waals surface area contributed by atoms with E-state index >= 15 is 0 Å². The number of thiocarbonyl (C=S) groups is 1. The van der Waals surface area contributed by atoms with Gasteiger partial charge in [0.1, 0.15) is 4.99 Å². The smallest absolute Gasteiger partial charge is 0.249 e. The van der Waals surface area contributed by atoms with Crippen molar-refractivity contribution in [2.24, 2.45) is 5.73 Å². The Labute approximate surface area is 130 Å². The molecule has 6 heteroatoms. The van der Waals surface area contributed by atoms with Crippen LogP contribution in [-0.2, 0) is 12.8 Å². The van der Waals surface area contributed by atoms with Gasteiger partial charge in [-0.2, -0.15) is 0 Å². The number of hydrogen-bond acceptors (Lipinski definition) is 5. The van der Waals surface area contributed by atoms with E-state index < -0.39 is 0 Å². The topological polar surface area (TPSA) is 67.9 Å². The van der Waals surface area contributed by atoms with Gasteiger partial charge in [0, 0.05) is 12.6 Å². The predicted octanol–water partition coefficient (Wildman–Crippen LogP) is 2.40. The molecular weight excluding hydrogens is 282 g/mol. The Balaban J connectivity index is 2.45. The summed E-state index contributed by atoms with van der Waals surface area (Å²) in [6, 6.07) is 7.67. The summed E-state index contributed by atoms with van der Waals surface area (Å²) in [5.41, 5.74) is 9.37. The molecule has 0 bridgehead atoms. The lowest BCUT2D eigenvalue weighted by atomic mass is 10.1. The van der Waals surface area contributed by atoms with Gasteiger partial charge in [-0.3, -0.25) is 0 Å². The molecule has 0 unspecified atom stereocenters. The number of nitrogens with zero attached hydrogens (tertiary/aromatic N) is 4. The molecule has 2 rings (SSSR count). The van der Waals surface area contributed by atoms with Gasteiger partial charge in [-0.1, -0.05) is 38.2 Å². The van der Waals surface area contributed by atoms with Crippen LogP contribution >= 0.6 is 12.2 Å². The molecule has 2 N–H and O–H groups in total. The van der Waals surface area contributed by atoms with Crippen LogP contribution in [0.4, 0.5) is 11.6 Å². The Kier molecular flexibility index (Phi) is 4.80. The first-order chi connectivity index (χ1) is 10.1. The van der Waals surface area contributed by atoms with Crippen molar-refractivity contribution in [2.75, 3.05) is 11.9 Å². The van der Waals surface area contributed by atoms with Crippen LogP contribution in [0.1, 0.15) is 30.8 Å². The quantitative estimate of drug-likeness (QED) is 0.855. The number of para-hydroxylation sites is 1. The molecule has 0 radical (unpaired) electrons. The highest BCUT2D eigenvalue weighted by Gasteiger charge is 2.15. The monoisotopic (exact) mass is 301 g/mol. The highest BCUT2D eigenvalue weighted by molar-refractivity contribution is 7.80. The zero-order chi connectivity index (χ0) is 15.4. The highest BCUT2D eigenvalue weighted by atomic mass is 32.1. The summed E-state index contributed by atoms with van der Waals surface area (Å²) < 4.78 is 0. The number of hydrogen-bond donors (Lipinski definition) is 1. The van der Waals surface area contributed by atoms with E-state index in [0.717, 1.165) is 35.5 Å². The molecule has 1 aromatic heterocycles. The van der Waals surface area contributed by atoms with E-state index in [2.05, 4.69) is 29.0 Å². The average molecular weight is 301 g/mol. The van der Waals surface area contributed by atoms with Crippen LogP contribution in [0.15, 0.2) is 24.3 Å². The summed E-state index contributed by atoms with van der Waals surface area (Å²) >= 11 is 5.10. The lowest BCUT2D eigenvalue weighted by molar-refractivity contribution is 0.810. The fourth-order valence-electron chi connectivity index (χ4n) is 2.15. The summed E-state index contributed by atoms with van der Waals surface area (Å²) in [6.45, 7) is 4.12. The molecular formula is C15H19N5S. The van der Waals surface area contributed by atoms with Crippen LogP contribution in [0, 0.1) is 0 Å². The molecule has 1 heterocycles. The van der Waals surface area contributed by atoms with Crippen LogP contribution < -0.4 is 10.6 Å². The van der Waals surface area contributed by atoms with E-state index in [1.165, 1.54) is 0 Å². The van der Waals surface area contributed by atoms with Crippen molar-refractivity contribution in [3.8, 4) is 0 Å². The van der Waals surface area contributed by atoms with E-state index in [1.807, 2.05) is 36.2 Å². The average Bonchev–Trinajstić information content (AvgIpc) is 2.53. The standard InChI is InChI=1S/C15H19N5S/c1-4-11-12(5-2)18-19-15(17-11)20(3)13-9-7-6-8-10(13)14(16)21/h6-9H,4-5H2,1-3H3,(H2,16,21). The fraction of sp³-hybridized carbons (Fsp3) is 0.333. The molecule has 110 valence electrons. The summed E-state index contributed by atoms with van der Waals surface area (Å²) in [5.74, 6) is 0.549. The Morgan fingerprint density at radius 3 is 2.43 bits per heavy atom. The Hall–Kier alpha value is -2.08. The molecule has 2 aromatic rings. The number of anilines is 2. The molecule has 0 saturated carbocycles. The van der Waals surface area contributed by atoms with Crippen molar-refractivity contribution in [2.45, 2.75) is 26.7 Å². The largest absolute Gasteiger partial charge is 0.389 e. The second kappa shape index (κ2) is 6.58. The van der Waals surface area contributed by atoms with E-state index in [-0.39, 0.29) is 0 Å². The maximum Gasteiger partial charge on any atom is 0.249 e. The number of nitrogens with two attached hydrogens (primary N) is 1. The number of aryl methyl sites for hydroxylation is 2. The SMILES string of the molecule is CCc1nnc(N(C)c2ccccc2C(N)=S)nc1CC. The fourth-order valence-corrected chi connectivity index (χ4v) is 2.33. The van der Waals surface area contributed by atoms with Crippen LogP contribution in [0.2, 0.25) is 0 Å². The molecule has 21 heavy (non-hydrogen) atoms. The molecule has 5 nitrogen and oxygen atoms in total. The van der Waals surface area contributed by atoms with Crippen molar-refractivity contribution < 1.29 is 0 Å². The van der Waals surface area contributed by atoms with Crippen LogP contribution in [0.3, 0.4) is 0 Å². The zero-order valence-corrected chi connectivity index (χ0v) is 13.3. The van der Waals surface area contributed by atoms with E-state index in [4.69, 9.17) is 18.0 Å². The summed E-state index contributed by atoms with van der Waals surface area (Å²) in [4.78, 5) is 6.82. The van der Waals surface area contributed by atoms with Gasteiger partial charge in [0.25, 0.3) is 0 Å². The molecule has 0 aliphatic heterocycles. The highest BCUT2D eigenvalue weighted by Crippen LogP contribution is 2.24. The number of rotatable bonds is 5. The van der Waals surface area contributed by atoms with Crippen molar-refractivity contribution in [3.63, 3.8) is 0 Å². The minimum absolute atomic E-state index is 0.353. The summed E-state index contributed by atoms with van der Waals surface area (Å²) in [7, 11) is 1.89. The van der Waals surface area contributed by atoms with Gasteiger partial charge in [-0.25, -0.2) is 4.98 Å². The van der Waals surface area contributed by atoms with E-state index in [9.17, 15) is 0 Å². The van der Waals surface area contributed by atoms with Crippen molar-refractivity contribution >= 4 is 28.8 Å². The maximum atomic E-state index is 5.78. The van der Waals surface area contributed by atoms with Crippen LogP contribution in [-0.4, -0.2) is 27.2 Å². The van der Waals surface area contributed by atoms with Gasteiger partial charge < -0.3 is 10.6 Å². The Bertz CT molecular complexity index is 656. The second-order valence-corrected chi connectivity index (χ2v) is 5.09. The number of benzene rings is 1. The van der Waals surface area contributed by atoms with Gasteiger partial charge in [-0.05, 0) is 25.0 Å². The van der Waals surface area contributed by atoms with Gasteiger partial charge in [0.05, 0.1) is 17.1 Å². The van der Waals surface area contributed by atoms with Crippen molar-refractivity contribution in [1.82, 2.24) is 15.2 Å². The summed E-state index contributed by atoms with van der Waals surface area (Å²) in [6.07, 6.45) is 1.66. The van der Waals surface area contributed by atoms with Crippen molar-refractivity contribution in [1.29, 1.82) is 0 Å². The normalized spacial score (nSPS) is 10.4. The molecule has 0 amide bonds. The number of aromatic nitrogens is 3.